The molecule has 2 heterocycles. The number of hydrazine groups is 1. The van der Waals surface area contributed by atoms with Crippen LogP contribution in [0.15, 0.2) is 24.3 Å². The second-order valence-electron chi connectivity index (χ2n) is 9.41. The van der Waals surface area contributed by atoms with Crippen LogP contribution in [0.1, 0.15) is 41.0 Å². The fourth-order valence-electron chi connectivity index (χ4n) is 4.75. The van der Waals surface area contributed by atoms with E-state index in [4.69, 9.17) is 4.74 Å². The van der Waals surface area contributed by atoms with Gasteiger partial charge in [0.25, 0.3) is 0 Å². The lowest BCUT2D eigenvalue weighted by Crippen LogP contribution is -2.60. The molecule has 6 nitrogen and oxygen atoms in total. The summed E-state index contributed by atoms with van der Waals surface area (Å²) >= 11 is 0. The molecule has 1 atom stereocenters. The number of likely N-dealkylation sites (N-methyl/N-ethyl adjacent to an activating group) is 1. The molecular formula is C21H34N4O2. The standard InChI is InChI=1S/C21H34N4O2/c1-6-25(16-11-22-17-9-7-8-10-18(17)27-12-16)19(26)23-24-14-20(2,3)13-21(4,5)15-24/h7-10,16,22H,6,11-15H2,1-5H3,(H,23,26). The number of benzene rings is 1. The van der Waals surface area contributed by atoms with Crippen LogP contribution in [0, 0.1) is 10.8 Å². The van der Waals surface area contributed by atoms with Crippen molar-refractivity contribution in [3.63, 3.8) is 0 Å². The molecule has 27 heavy (non-hydrogen) atoms. The fourth-order valence-corrected chi connectivity index (χ4v) is 4.75. The number of fused-ring (bicyclic) bond motifs is 1. The highest BCUT2D eigenvalue weighted by Crippen LogP contribution is 2.39. The Morgan fingerprint density at radius 1 is 1.26 bits per heavy atom. The molecule has 1 saturated heterocycles. The van der Waals surface area contributed by atoms with E-state index in [-0.39, 0.29) is 22.9 Å². The van der Waals surface area contributed by atoms with Crippen LogP contribution in [0.4, 0.5) is 10.5 Å². The molecular weight excluding hydrogens is 340 g/mol. The lowest BCUT2D eigenvalue weighted by atomic mass is 9.72. The van der Waals surface area contributed by atoms with E-state index in [0.717, 1.165) is 30.9 Å². The number of hydrogen-bond acceptors (Lipinski definition) is 4. The zero-order valence-corrected chi connectivity index (χ0v) is 17.3. The summed E-state index contributed by atoms with van der Waals surface area (Å²) in [6.45, 7) is 14.6. The summed E-state index contributed by atoms with van der Waals surface area (Å²) in [5.41, 5.74) is 4.50. The molecule has 1 aromatic rings. The minimum atomic E-state index is -0.0487. The third-order valence-electron chi connectivity index (χ3n) is 5.34. The van der Waals surface area contributed by atoms with Crippen LogP contribution < -0.4 is 15.5 Å². The van der Waals surface area contributed by atoms with Gasteiger partial charge in [0.2, 0.25) is 0 Å². The largest absolute Gasteiger partial charge is 0.489 e. The molecule has 2 aliphatic heterocycles. The lowest BCUT2D eigenvalue weighted by molar-refractivity contribution is -0.000525. The second-order valence-corrected chi connectivity index (χ2v) is 9.41. The van der Waals surface area contributed by atoms with E-state index < -0.39 is 0 Å². The first-order valence-corrected chi connectivity index (χ1v) is 9.97. The third kappa shape index (κ3) is 4.86. The number of piperidine rings is 1. The number of hydrogen-bond donors (Lipinski definition) is 2. The zero-order valence-electron chi connectivity index (χ0n) is 17.3. The first-order chi connectivity index (χ1) is 12.7. The van der Waals surface area contributed by atoms with Crippen LogP contribution in [-0.4, -0.2) is 54.8 Å². The maximum Gasteiger partial charge on any atom is 0.332 e. The molecule has 150 valence electrons. The van der Waals surface area contributed by atoms with Crippen LogP contribution >= 0.6 is 0 Å². The van der Waals surface area contributed by atoms with Crippen molar-refractivity contribution in [3.8, 4) is 5.75 Å². The summed E-state index contributed by atoms with van der Waals surface area (Å²) in [5, 5.41) is 5.51. The van der Waals surface area contributed by atoms with E-state index >= 15 is 0 Å². The average Bonchev–Trinajstić information content (AvgIpc) is 2.75. The molecule has 0 saturated carbocycles. The van der Waals surface area contributed by atoms with Crippen LogP contribution in [0.25, 0.3) is 0 Å². The number of anilines is 1. The van der Waals surface area contributed by atoms with Gasteiger partial charge in [0.15, 0.2) is 0 Å². The lowest BCUT2D eigenvalue weighted by Gasteiger charge is -2.47. The Morgan fingerprint density at radius 2 is 1.93 bits per heavy atom. The molecule has 2 amide bonds. The molecule has 0 spiro atoms. The second kappa shape index (κ2) is 7.58. The summed E-state index contributed by atoms with van der Waals surface area (Å²) in [4.78, 5) is 14.9. The van der Waals surface area contributed by atoms with Crippen molar-refractivity contribution >= 4 is 11.7 Å². The zero-order chi connectivity index (χ0) is 19.7. The van der Waals surface area contributed by atoms with E-state index in [1.807, 2.05) is 36.1 Å². The highest BCUT2D eigenvalue weighted by molar-refractivity contribution is 5.74. The number of urea groups is 1. The van der Waals surface area contributed by atoms with Crippen molar-refractivity contribution in [2.45, 2.75) is 47.1 Å². The number of carbonyl (C=O) groups excluding carboxylic acids is 1. The molecule has 2 N–H and O–H groups in total. The Kier molecular flexibility index (Phi) is 5.56. The first kappa shape index (κ1) is 19.8. The molecule has 0 aliphatic carbocycles. The summed E-state index contributed by atoms with van der Waals surface area (Å²) in [6, 6.07) is 7.84. The molecule has 6 heteroatoms. The highest BCUT2D eigenvalue weighted by atomic mass is 16.5. The number of rotatable bonds is 3. The van der Waals surface area contributed by atoms with Gasteiger partial charge in [-0.1, -0.05) is 39.8 Å². The minimum Gasteiger partial charge on any atom is -0.489 e. The SMILES string of the molecule is CCN(C(=O)NN1CC(C)(C)CC(C)(C)C1)C1CNc2ccccc2OC1. The van der Waals surface area contributed by atoms with Gasteiger partial charge in [0.1, 0.15) is 12.4 Å². The predicted octanol–water partition coefficient (Wildman–Crippen LogP) is 3.56. The third-order valence-corrected chi connectivity index (χ3v) is 5.34. The van der Waals surface area contributed by atoms with Gasteiger partial charge in [0, 0.05) is 26.2 Å². The predicted molar refractivity (Wildman–Crippen MR) is 109 cm³/mol. The Labute approximate surface area is 163 Å². The van der Waals surface area contributed by atoms with Crippen molar-refractivity contribution in [1.82, 2.24) is 15.3 Å². The number of amides is 2. The quantitative estimate of drug-likeness (QED) is 0.849. The van der Waals surface area contributed by atoms with E-state index in [2.05, 4.69) is 43.4 Å². The van der Waals surface area contributed by atoms with Gasteiger partial charge in [-0.25, -0.2) is 9.80 Å². The first-order valence-electron chi connectivity index (χ1n) is 9.97. The normalized spacial score (nSPS) is 24.0. The van der Waals surface area contributed by atoms with Crippen molar-refractivity contribution in [2.24, 2.45) is 10.8 Å². The summed E-state index contributed by atoms with van der Waals surface area (Å²) in [7, 11) is 0. The number of para-hydroxylation sites is 2. The Balaban J connectivity index is 1.64. The average molecular weight is 375 g/mol. The van der Waals surface area contributed by atoms with Gasteiger partial charge < -0.3 is 15.0 Å². The molecule has 2 aliphatic rings. The minimum absolute atomic E-state index is 0.0202. The van der Waals surface area contributed by atoms with E-state index in [1.54, 1.807) is 0 Å². The van der Waals surface area contributed by atoms with E-state index in [1.165, 1.54) is 0 Å². The van der Waals surface area contributed by atoms with Gasteiger partial charge in [-0.05, 0) is 36.3 Å². The van der Waals surface area contributed by atoms with Crippen LogP contribution in [0.2, 0.25) is 0 Å². The van der Waals surface area contributed by atoms with E-state index in [0.29, 0.717) is 19.7 Å². The topological polar surface area (TPSA) is 56.8 Å². The van der Waals surface area contributed by atoms with Gasteiger partial charge in [-0.15, -0.1) is 0 Å². The van der Waals surface area contributed by atoms with Crippen molar-refractivity contribution in [2.75, 3.05) is 38.1 Å². The molecule has 0 aromatic heterocycles. The van der Waals surface area contributed by atoms with Gasteiger partial charge in [-0.2, -0.15) is 0 Å². The summed E-state index contributed by atoms with van der Waals surface area (Å²) in [6.07, 6.45) is 1.16. The number of carbonyl (C=O) groups is 1. The number of nitrogens with one attached hydrogen (secondary N) is 2. The van der Waals surface area contributed by atoms with Gasteiger partial charge >= 0.3 is 6.03 Å². The fraction of sp³-hybridized carbons (Fsp3) is 0.667. The van der Waals surface area contributed by atoms with Gasteiger partial charge in [0.05, 0.1) is 11.7 Å². The van der Waals surface area contributed by atoms with Crippen molar-refractivity contribution in [3.05, 3.63) is 24.3 Å². The van der Waals surface area contributed by atoms with Crippen LogP contribution in [0.3, 0.4) is 0 Å². The summed E-state index contributed by atoms with van der Waals surface area (Å²) in [5.74, 6) is 0.844. The maximum absolute atomic E-state index is 13.0. The molecule has 1 aromatic carbocycles. The van der Waals surface area contributed by atoms with Crippen LogP contribution in [-0.2, 0) is 0 Å². The van der Waals surface area contributed by atoms with Crippen molar-refractivity contribution in [1.29, 1.82) is 0 Å². The van der Waals surface area contributed by atoms with Gasteiger partial charge in [-0.3, -0.25) is 5.43 Å². The van der Waals surface area contributed by atoms with Crippen LogP contribution in [0.5, 0.6) is 5.75 Å². The Hall–Kier alpha value is -1.95. The number of nitrogens with zero attached hydrogens (tertiary/aromatic N) is 2. The Bertz CT molecular complexity index is 631. The molecule has 3 rings (SSSR count). The summed E-state index contributed by atoms with van der Waals surface area (Å²) < 4.78 is 5.95. The smallest absolute Gasteiger partial charge is 0.332 e. The van der Waals surface area contributed by atoms with E-state index in [9.17, 15) is 4.79 Å². The molecule has 0 bridgehead atoms. The maximum atomic E-state index is 13.0. The molecule has 0 radical (unpaired) electrons. The monoisotopic (exact) mass is 374 g/mol. The Morgan fingerprint density at radius 3 is 2.59 bits per heavy atom. The molecule has 1 fully saturated rings. The number of ether oxygens (including phenoxy) is 1. The van der Waals surface area contributed by atoms with Crippen molar-refractivity contribution < 1.29 is 9.53 Å². The highest BCUT2D eigenvalue weighted by Gasteiger charge is 2.38. The molecule has 1 unspecified atom stereocenters.